The lowest BCUT2D eigenvalue weighted by Gasteiger charge is -2.38. The van der Waals surface area contributed by atoms with Crippen LogP contribution in [0.3, 0.4) is 0 Å². The van der Waals surface area contributed by atoms with Crippen molar-refractivity contribution < 1.29 is 13.5 Å². The van der Waals surface area contributed by atoms with Crippen LogP contribution in [-0.4, -0.2) is 50.5 Å². The van der Waals surface area contributed by atoms with E-state index in [0.29, 0.717) is 17.8 Å². The number of nitrogens with zero attached hydrogens (tertiary/aromatic N) is 6. The molecule has 3 heterocycles. The van der Waals surface area contributed by atoms with Gasteiger partial charge in [0.15, 0.2) is 0 Å². The number of halogens is 3. The first-order valence-electron chi connectivity index (χ1n) is 10.9. The van der Waals surface area contributed by atoms with Crippen molar-refractivity contribution in [2.24, 2.45) is 11.8 Å². The van der Waals surface area contributed by atoms with Gasteiger partial charge in [0.2, 0.25) is 5.95 Å². The second kappa shape index (κ2) is 9.09. The Morgan fingerprint density at radius 3 is 2.64 bits per heavy atom. The van der Waals surface area contributed by atoms with Crippen LogP contribution in [0, 0.1) is 24.6 Å². The third-order valence-corrected chi connectivity index (χ3v) is 6.44. The highest BCUT2D eigenvalue weighted by atomic mass is 35.5. The zero-order valence-corrected chi connectivity index (χ0v) is 18.8. The standard InChI is InChI=1S/C22H24ClF2N7O/c1-13-6-19(27-12-26-13)31-10-14-2-3-15(11-31)20(14)28-21-29-22(32(30-21)5-4-24)33-18-8-16(23)7-17(25)9-18/h6-9,12,14-15,20H,2-5,10-11H2,1H3,(H,28,30)/t14-,15+,20?. The molecule has 8 nitrogen and oxygen atoms in total. The molecule has 0 amide bonds. The average Bonchev–Trinajstić information content (AvgIpc) is 3.22. The number of fused-ring (bicyclic) bond motifs is 2. The van der Waals surface area contributed by atoms with Gasteiger partial charge in [-0.05, 0) is 43.7 Å². The molecule has 1 unspecified atom stereocenters. The van der Waals surface area contributed by atoms with Gasteiger partial charge in [0.1, 0.15) is 30.4 Å². The minimum atomic E-state index is -0.634. The van der Waals surface area contributed by atoms with E-state index in [1.807, 2.05) is 13.0 Å². The molecule has 1 aliphatic heterocycles. The SMILES string of the molecule is Cc1cc(N2C[C@H]3CC[C@@H](C2)C3Nc2nc(Oc3cc(F)cc(Cl)c3)n(CCF)n2)ncn1. The molecule has 11 heteroatoms. The van der Waals surface area contributed by atoms with E-state index in [4.69, 9.17) is 16.3 Å². The van der Waals surface area contributed by atoms with Crippen molar-refractivity contribution >= 4 is 23.4 Å². The van der Waals surface area contributed by atoms with Crippen LogP contribution in [0.4, 0.5) is 20.5 Å². The van der Waals surface area contributed by atoms with Crippen molar-refractivity contribution in [3.63, 3.8) is 0 Å². The number of benzene rings is 1. The first kappa shape index (κ1) is 21.8. The van der Waals surface area contributed by atoms with Crippen molar-refractivity contribution in [3.8, 4) is 11.8 Å². The molecule has 1 saturated heterocycles. The van der Waals surface area contributed by atoms with Crippen LogP contribution < -0.4 is 15.0 Å². The first-order chi connectivity index (χ1) is 16.0. The van der Waals surface area contributed by atoms with E-state index in [0.717, 1.165) is 37.4 Å². The van der Waals surface area contributed by atoms with Gasteiger partial charge in [0, 0.05) is 42.0 Å². The summed E-state index contributed by atoms with van der Waals surface area (Å²) in [5, 5.41) is 8.03. The summed E-state index contributed by atoms with van der Waals surface area (Å²) in [6.45, 7) is 3.06. The van der Waals surface area contributed by atoms with Crippen LogP contribution in [-0.2, 0) is 6.54 Å². The number of anilines is 2. The number of alkyl halides is 1. The molecule has 1 saturated carbocycles. The number of nitrogens with one attached hydrogen (secondary N) is 1. The maximum Gasteiger partial charge on any atom is 0.322 e. The Balaban J connectivity index is 1.32. The molecule has 2 aromatic heterocycles. The molecule has 33 heavy (non-hydrogen) atoms. The van der Waals surface area contributed by atoms with Gasteiger partial charge in [0.05, 0.1) is 6.54 Å². The fourth-order valence-corrected chi connectivity index (χ4v) is 5.00. The lowest BCUT2D eigenvalue weighted by molar-refractivity contribution is 0.362. The number of rotatable bonds is 7. The molecule has 1 N–H and O–H groups in total. The number of hydrogen-bond acceptors (Lipinski definition) is 7. The van der Waals surface area contributed by atoms with E-state index in [1.165, 1.54) is 22.9 Å². The Labute approximate surface area is 195 Å². The fraction of sp³-hybridized carbons (Fsp3) is 0.455. The normalized spacial score (nSPS) is 21.9. The largest absolute Gasteiger partial charge is 0.424 e. The van der Waals surface area contributed by atoms with Gasteiger partial charge in [-0.1, -0.05) is 11.6 Å². The van der Waals surface area contributed by atoms with Gasteiger partial charge in [-0.2, -0.15) is 4.98 Å². The third kappa shape index (κ3) is 4.71. The molecule has 0 spiro atoms. The highest BCUT2D eigenvalue weighted by Gasteiger charge is 2.43. The topological polar surface area (TPSA) is 81.0 Å². The molecule has 3 aromatic rings. The van der Waals surface area contributed by atoms with E-state index in [9.17, 15) is 8.78 Å². The Kier molecular flexibility index (Phi) is 6.01. The minimum Gasteiger partial charge on any atom is -0.424 e. The van der Waals surface area contributed by atoms with Crippen LogP contribution in [0.25, 0.3) is 0 Å². The summed E-state index contributed by atoms with van der Waals surface area (Å²) in [7, 11) is 0. The molecule has 1 aliphatic carbocycles. The Morgan fingerprint density at radius 1 is 1.15 bits per heavy atom. The van der Waals surface area contributed by atoms with E-state index in [-0.39, 0.29) is 29.4 Å². The third-order valence-electron chi connectivity index (χ3n) is 6.22. The van der Waals surface area contributed by atoms with Gasteiger partial charge < -0.3 is 15.0 Å². The summed E-state index contributed by atoms with van der Waals surface area (Å²) in [6.07, 6.45) is 3.80. The van der Waals surface area contributed by atoms with Crippen LogP contribution in [0.1, 0.15) is 18.5 Å². The second-order valence-corrected chi connectivity index (χ2v) is 8.96. The molecule has 5 rings (SSSR count). The van der Waals surface area contributed by atoms with Gasteiger partial charge in [0.25, 0.3) is 0 Å². The van der Waals surface area contributed by atoms with Crippen molar-refractivity contribution in [1.82, 2.24) is 24.7 Å². The van der Waals surface area contributed by atoms with E-state index in [1.54, 1.807) is 6.33 Å². The molecular weight excluding hydrogens is 452 g/mol. The van der Waals surface area contributed by atoms with Crippen LogP contribution in [0.5, 0.6) is 11.8 Å². The fourth-order valence-electron chi connectivity index (χ4n) is 4.79. The highest BCUT2D eigenvalue weighted by Crippen LogP contribution is 2.40. The van der Waals surface area contributed by atoms with Gasteiger partial charge >= 0.3 is 6.01 Å². The monoisotopic (exact) mass is 475 g/mol. The van der Waals surface area contributed by atoms with Crippen molar-refractivity contribution in [2.45, 2.75) is 32.4 Å². The van der Waals surface area contributed by atoms with Crippen LogP contribution in [0.2, 0.25) is 5.02 Å². The summed E-state index contributed by atoms with van der Waals surface area (Å²) in [4.78, 5) is 15.4. The summed E-state index contributed by atoms with van der Waals surface area (Å²) in [6, 6.07) is 6.13. The van der Waals surface area contributed by atoms with E-state index >= 15 is 0 Å². The zero-order chi connectivity index (χ0) is 22.9. The molecule has 1 aromatic carbocycles. The average molecular weight is 476 g/mol. The van der Waals surface area contributed by atoms with Gasteiger partial charge in [-0.3, -0.25) is 0 Å². The Hall–Kier alpha value is -3.01. The first-order valence-corrected chi connectivity index (χ1v) is 11.3. The summed E-state index contributed by atoms with van der Waals surface area (Å²) < 4.78 is 33.8. The molecule has 2 bridgehead atoms. The maximum atomic E-state index is 13.7. The molecule has 2 aliphatic rings. The molecular formula is C22H24ClF2N7O. The number of aryl methyl sites for hydroxylation is 2. The van der Waals surface area contributed by atoms with E-state index in [2.05, 4.69) is 30.3 Å². The predicted octanol–water partition coefficient (Wildman–Crippen LogP) is 4.26. The number of piperidine rings is 1. The molecule has 3 atom stereocenters. The Bertz CT molecular complexity index is 1110. The maximum absolute atomic E-state index is 13.7. The molecule has 174 valence electrons. The number of ether oxygens (including phenoxy) is 1. The lowest BCUT2D eigenvalue weighted by Crippen LogP contribution is -2.48. The highest BCUT2D eigenvalue weighted by molar-refractivity contribution is 6.30. The van der Waals surface area contributed by atoms with Crippen molar-refractivity contribution in [3.05, 3.63) is 47.1 Å². The zero-order valence-electron chi connectivity index (χ0n) is 18.1. The quantitative estimate of drug-likeness (QED) is 0.547. The van der Waals surface area contributed by atoms with Crippen molar-refractivity contribution in [2.75, 3.05) is 30.0 Å². The molecule has 0 radical (unpaired) electrons. The second-order valence-electron chi connectivity index (χ2n) is 8.53. The van der Waals surface area contributed by atoms with E-state index < -0.39 is 12.5 Å². The summed E-state index contributed by atoms with van der Waals surface area (Å²) in [5.74, 6) is 1.76. The van der Waals surface area contributed by atoms with Crippen LogP contribution >= 0.6 is 11.6 Å². The molecule has 2 fully saturated rings. The minimum absolute atomic E-state index is 0.0224. The van der Waals surface area contributed by atoms with Gasteiger partial charge in [-0.25, -0.2) is 23.4 Å². The Morgan fingerprint density at radius 2 is 1.94 bits per heavy atom. The van der Waals surface area contributed by atoms with Crippen molar-refractivity contribution in [1.29, 1.82) is 0 Å². The predicted molar refractivity (Wildman–Crippen MR) is 120 cm³/mol. The smallest absolute Gasteiger partial charge is 0.322 e. The van der Waals surface area contributed by atoms with Crippen LogP contribution in [0.15, 0.2) is 30.6 Å². The number of aromatic nitrogens is 5. The summed E-state index contributed by atoms with van der Waals surface area (Å²) >= 11 is 5.91. The number of hydrogen-bond donors (Lipinski definition) is 1. The summed E-state index contributed by atoms with van der Waals surface area (Å²) in [5.41, 5.74) is 0.947. The van der Waals surface area contributed by atoms with Gasteiger partial charge in [-0.15, -0.1) is 5.10 Å². The lowest BCUT2D eigenvalue weighted by atomic mass is 9.92.